The molecule has 0 fully saturated rings. The molecule has 1 aromatic rings. The van der Waals surface area contributed by atoms with Crippen molar-refractivity contribution in [2.45, 2.75) is 13.8 Å². The van der Waals surface area contributed by atoms with Gasteiger partial charge in [-0.2, -0.15) is 0 Å². The molecule has 0 nitrogen and oxygen atoms in total. The second-order valence-electron chi connectivity index (χ2n) is 3.05. The van der Waals surface area contributed by atoms with Gasteiger partial charge in [-0.15, -0.1) is 0 Å². The van der Waals surface area contributed by atoms with E-state index in [-0.39, 0.29) is 7.43 Å². The summed E-state index contributed by atoms with van der Waals surface area (Å²) in [6.45, 7) is 0. The Labute approximate surface area is 86.3 Å². The van der Waals surface area contributed by atoms with E-state index < -0.39 is 0 Å². The monoisotopic (exact) mass is 184 g/mol. The third-order valence-corrected chi connectivity index (χ3v) is 2.10. The highest BCUT2D eigenvalue weighted by Gasteiger charge is 1.95. The Morgan fingerprint density at radius 2 is 1.71 bits per heavy atom. The van der Waals surface area contributed by atoms with Gasteiger partial charge in [-0.1, -0.05) is 68.1 Å². The lowest BCUT2D eigenvalue weighted by atomic mass is 10.1. The van der Waals surface area contributed by atoms with Crippen LogP contribution in [0.1, 0.15) is 19.4 Å². The van der Waals surface area contributed by atoms with Crippen molar-refractivity contribution in [1.29, 1.82) is 0 Å². The van der Waals surface area contributed by atoms with Gasteiger partial charge in [-0.05, 0) is 17.6 Å². The molecule has 0 spiro atoms. The third kappa shape index (κ3) is 2.46. The minimum absolute atomic E-state index is 0. The molecule has 0 radical (unpaired) electrons. The van der Waals surface area contributed by atoms with Crippen LogP contribution in [0.2, 0.25) is 0 Å². The number of benzene rings is 1. The standard InChI is InChI=1S/C13H12.CH4/c1-2-5-9-12(8-4-1)13-10-6-3-7-11-13;/h1-4,6-11H,5H2;1H4. The molecule has 0 heterocycles. The summed E-state index contributed by atoms with van der Waals surface area (Å²) in [6.07, 6.45) is 11.8. The number of rotatable bonds is 1. The Morgan fingerprint density at radius 3 is 2.50 bits per heavy atom. The van der Waals surface area contributed by atoms with E-state index in [2.05, 4.69) is 54.6 Å². The van der Waals surface area contributed by atoms with Crippen LogP contribution in [-0.4, -0.2) is 0 Å². The second-order valence-corrected chi connectivity index (χ2v) is 3.05. The summed E-state index contributed by atoms with van der Waals surface area (Å²) < 4.78 is 0. The zero-order valence-corrected chi connectivity index (χ0v) is 7.48. The molecular weight excluding hydrogens is 168 g/mol. The van der Waals surface area contributed by atoms with Gasteiger partial charge in [0.1, 0.15) is 0 Å². The summed E-state index contributed by atoms with van der Waals surface area (Å²) in [5.74, 6) is 0. The van der Waals surface area contributed by atoms with Gasteiger partial charge < -0.3 is 0 Å². The van der Waals surface area contributed by atoms with Crippen molar-refractivity contribution in [2.24, 2.45) is 0 Å². The predicted molar refractivity (Wildman–Crippen MR) is 64.0 cm³/mol. The average molecular weight is 184 g/mol. The Kier molecular flexibility index (Phi) is 3.93. The maximum absolute atomic E-state index is 2.25. The Bertz CT molecular complexity index is 353. The van der Waals surface area contributed by atoms with E-state index in [1.54, 1.807) is 0 Å². The fraction of sp³-hybridized carbons (Fsp3) is 0.143. The first-order valence-electron chi connectivity index (χ1n) is 4.55. The molecule has 0 aliphatic heterocycles. The minimum Gasteiger partial charge on any atom is -0.0807 e. The highest BCUT2D eigenvalue weighted by Crippen LogP contribution is 2.17. The zero-order chi connectivity index (χ0) is 8.93. The Balaban J connectivity index is 0.000000980. The smallest absolute Gasteiger partial charge is 0.0157 e. The van der Waals surface area contributed by atoms with Crippen LogP contribution < -0.4 is 0 Å². The van der Waals surface area contributed by atoms with Crippen molar-refractivity contribution < 1.29 is 0 Å². The fourth-order valence-electron chi connectivity index (χ4n) is 1.42. The fourth-order valence-corrected chi connectivity index (χ4v) is 1.42. The summed E-state index contributed by atoms with van der Waals surface area (Å²) in [4.78, 5) is 0. The average Bonchev–Trinajstić information content (AvgIpc) is 2.47. The van der Waals surface area contributed by atoms with Crippen LogP contribution in [0.25, 0.3) is 5.57 Å². The third-order valence-electron chi connectivity index (χ3n) is 2.10. The maximum Gasteiger partial charge on any atom is -0.0157 e. The first-order chi connectivity index (χ1) is 6.47. The lowest BCUT2D eigenvalue weighted by molar-refractivity contribution is 1.40. The minimum atomic E-state index is 0. The normalized spacial score (nSPS) is 14.1. The van der Waals surface area contributed by atoms with Crippen LogP contribution in [0, 0.1) is 0 Å². The Hall–Kier alpha value is -1.56. The van der Waals surface area contributed by atoms with Gasteiger partial charge in [-0.25, -0.2) is 0 Å². The lowest BCUT2D eigenvalue weighted by Gasteiger charge is -2.00. The van der Waals surface area contributed by atoms with E-state index in [0.29, 0.717) is 0 Å². The molecule has 0 amide bonds. The van der Waals surface area contributed by atoms with Crippen LogP contribution in [0.5, 0.6) is 0 Å². The van der Waals surface area contributed by atoms with E-state index in [1.807, 2.05) is 6.07 Å². The second kappa shape index (κ2) is 5.23. The van der Waals surface area contributed by atoms with Crippen LogP contribution in [0.15, 0.2) is 60.7 Å². The van der Waals surface area contributed by atoms with Crippen molar-refractivity contribution in [3.8, 4) is 0 Å². The predicted octanol–water partition coefficient (Wildman–Crippen LogP) is 4.22. The van der Waals surface area contributed by atoms with Gasteiger partial charge in [0.2, 0.25) is 0 Å². The molecule has 1 aliphatic carbocycles. The quantitative estimate of drug-likeness (QED) is 0.613. The van der Waals surface area contributed by atoms with Crippen LogP contribution in [0.4, 0.5) is 0 Å². The van der Waals surface area contributed by atoms with Gasteiger partial charge >= 0.3 is 0 Å². The molecule has 0 atom stereocenters. The molecule has 0 saturated carbocycles. The highest BCUT2D eigenvalue weighted by atomic mass is 14.0. The maximum atomic E-state index is 2.25. The zero-order valence-electron chi connectivity index (χ0n) is 7.48. The van der Waals surface area contributed by atoms with Gasteiger partial charge in [-0.3, -0.25) is 0 Å². The van der Waals surface area contributed by atoms with Crippen LogP contribution >= 0.6 is 0 Å². The lowest BCUT2D eigenvalue weighted by Crippen LogP contribution is -1.78. The molecule has 0 saturated heterocycles. The highest BCUT2D eigenvalue weighted by molar-refractivity contribution is 5.74. The van der Waals surface area contributed by atoms with Crippen LogP contribution in [-0.2, 0) is 0 Å². The first-order valence-corrected chi connectivity index (χ1v) is 4.55. The molecule has 2 rings (SSSR count). The van der Waals surface area contributed by atoms with Crippen molar-refractivity contribution in [2.75, 3.05) is 0 Å². The SMILES string of the molecule is C.C1=CCC=C(c2ccccc2)C=C1. The molecular formula is C14H16. The summed E-state index contributed by atoms with van der Waals surface area (Å²) in [5, 5.41) is 0. The van der Waals surface area contributed by atoms with Crippen molar-refractivity contribution >= 4 is 5.57 Å². The van der Waals surface area contributed by atoms with E-state index in [1.165, 1.54) is 11.1 Å². The van der Waals surface area contributed by atoms with Gasteiger partial charge in [0.15, 0.2) is 0 Å². The molecule has 0 heteroatoms. The van der Waals surface area contributed by atoms with E-state index in [9.17, 15) is 0 Å². The van der Waals surface area contributed by atoms with Crippen molar-refractivity contribution in [3.05, 3.63) is 66.3 Å². The molecule has 72 valence electrons. The molecule has 0 aromatic heterocycles. The molecule has 0 unspecified atom stereocenters. The van der Waals surface area contributed by atoms with Crippen molar-refractivity contribution in [1.82, 2.24) is 0 Å². The van der Waals surface area contributed by atoms with E-state index in [4.69, 9.17) is 0 Å². The molecule has 1 aliphatic rings. The van der Waals surface area contributed by atoms with Gasteiger partial charge in [0.25, 0.3) is 0 Å². The topological polar surface area (TPSA) is 0 Å². The largest absolute Gasteiger partial charge is 0.0807 e. The van der Waals surface area contributed by atoms with E-state index >= 15 is 0 Å². The van der Waals surface area contributed by atoms with Crippen LogP contribution in [0.3, 0.4) is 0 Å². The molecule has 0 bridgehead atoms. The summed E-state index contributed by atoms with van der Waals surface area (Å²) in [5.41, 5.74) is 2.60. The molecule has 1 aromatic carbocycles. The molecule has 14 heavy (non-hydrogen) atoms. The number of allylic oxidation sites excluding steroid dienone is 6. The first kappa shape index (κ1) is 10.5. The van der Waals surface area contributed by atoms with Gasteiger partial charge in [0, 0.05) is 0 Å². The van der Waals surface area contributed by atoms with E-state index in [0.717, 1.165) is 6.42 Å². The summed E-state index contributed by atoms with van der Waals surface area (Å²) in [7, 11) is 0. The molecule has 0 N–H and O–H groups in total. The van der Waals surface area contributed by atoms with Crippen molar-refractivity contribution in [3.63, 3.8) is 0 Å². The number of hydrogen-bond acceptors (Lipinski definition) is 0. The summed E-state index contributed by atoms with van der Waals surface area (Å²) in [6, 6.07) is 10.5. The summed E-state index contributed by atoms with van der Waals surface area (Å²) >= 11 is 0. The number of hydrogen-bond donors (Lipinski definition) is 0. The Morgan fingerprint density at radius 1 is 0.929 bits per heavy atom. The van der Waals surface area contributed by atoms with Gasteiger partial charge in [0.05, 0.1) is 0 Å².